The van der Waals surface area contributed by atoms with Gasteiger partial charge in [0.05, 0.1) is 11.8 Å². The highest BCUT2D eigenvalue weighted by atomic mass is 32.2. The fourth-order valence-electron chi connectivity index (χ4n) is 3.57. The zero-order chi connectivity index (χ0) is 20.6. The van der Waals surface area contributed by atoms with Crippen LogP contribution in [-0.4, -0.2) is 42.9 Å². The molecule has 2 aromatic heterocycles. The lowest BCUT2D eigenvalue weighted by Gasteiger charge is -2.31. The van der Waals surface area contributed by atoms with Crippen LogP contribution in [0.2, 0.25) is 0 Å². The molecule has 3 aromatic rings. The van der Waals surface area contributed by atoms with Crippen LogP contribution >= 0.6 is 22.7 Å². The molecule has 0 saturated carbocycles. The van der Waals surface area contributed by atoms with Crippen molar-refractivity contribution < 1.29 is 17.9 Å². The average molecular weight is 452 g/mol. The van der Waals surface area contributed by atoms with E-state index in [9.17, 15) is 13.2 Å². The summed E-state index contributed by atoms with van der Waals surface area (Å²) < 4.78 is 35.8. The predicted octanol–water partition coefficient (Wildman–Crippen LogP) is 2.98. The standard InChI is InChI=1S/C19H21N3O4S3/c1-21-17-14(26-2)8-5-9-15(17)28-19(21)20-18(23)13-7-3-4-11-22(13)29(24,25)16-10-6-12-27-16/h5-6,8-10,12-13H,3-4,7,11H2,1-2H3. The second kappa shape index (κ2) is 8.02. The molecule has 1 fully saturated rings. The number of aryl methyl sites for hydroxylation is 1. The molecule has 3 heterocycles. The molecule has 1 aliphatic heterocycles. The fourth-order valence-corrected chi connectivity index (χ4v) is 7.39. The Morgan fingerprint density at radius 1 is 1.24 bits per heavy atom. The van der Waals surface area contributed by atoms with Crippen LogP contribution in [0, 0.1) is 0 Å². The number of amides is 1. The highest BCUT2D eigenvalue weighted by molar-refractivity contribution is 7.91. The molecule has 1 unspecified atom stereocenters. The summed E-state index contributed by atoms with van der Waals surface area (Å²) in [4.78, 5) is 17.9. The van der Waals surface area contributed by atoms with Gasteiger partial charge in [-0.25, -0.2) is 8.42 Å². The Morgan fingerprint density at radius 2 is 2.07 bits per heavy atom. The summed E-state index contributed by atoms with van der Waals surface area (Å²) in [5, 5.41) is 1.72. The number of carbonyl (C=O) groups is 1. The maximum Gasteiger partial charge on any atom is 0.266 e. The number of ether oxygens (including phenoxy) is 1. The van der Waals surface area contributed by atoms with Gasteiger partial charge in [0, 0.05) is 13.6 Å². The quantitative estimate of drug-likeness (QED) is 0.611. The van der Waals surface area contributed by atoms with E-state index in [1.807, 2.05) is 29.8 Å². The summed E-state index contributed by atoms with van der Waals surface area (Å²) in [6.07, 6.45) is 2.02. The van der Waals surface area contributed by atoms with Gasteiger partial charge in [0.25, 0.3) is 15.9 Å². The fraction of sp³-hybridized carbons (Fsp3) is 0.368. The Kier molecular flexibility index (Phi) is 5.60. The molecule has 4 rings (SSSR count). The molecule has 0 bridgehead atoms. The van der Waals surface area contributed by atoms with Crippen molar-refractivity contribution in [3.05, 3.63) is 40.5 Å². The largest absolute Gasteiger partial charge is 0.495 e. The molecular formula is C19H21N3O4S3. The van der Waals surface area contributed by atoms with E-state index in [0.29, 0.717) is 23.5 Å². The number of aromatic nitrogens is 1. The van der Waals surface area contributed by atoms with Crippen LogP contribution in [0.4, 0.5) is 0 Å². The SMILES string of the molecule is COc1cccc2sc(=NC(=O)C3CCCCN3S(=O)(=O)c3cccs3)n(C)c12. The molecule has 1 aliphatic rings. The summed E-state index contributed by atoms with van der Waals surface area (Å²) in [6.45, 7) is 0.332. The topological polar surface area (TPSA) is 81.0 Å². The van der Waals surface area contributed by atoms with Gasteiger partial charge in [-0.2, -0.15) is 9.30 Å². The van der Waals surface area contributed by atoms with Crippen molar-refractivity contribution in [1.82, 2.24) is 8.87 Å². The molecule has 1 saturated heterocycles. The zero-order valence-electron chi connectivity index (χ0n) is 16.1. The van der Waals surface area contributed by atoms with E-state index in [2.05, 4.69) is 4.99 Å². The van der Waals surface area contributed by atoms with Gasteiger partial charge in [0.15, 0.2) is 4.80 Å². The maximum atomic E-state index is 13.1. The molecule has 29 heavy (non-hydrogen) atoms. The number of piperidine rings is 1. The number of rotatable bonds is 4. The van der Waals surface area contributed by atoms with Gasteiger partial charge < -0.3 is 9.30 Å². The normalized spacial score (nSPS) is 19.0. The molecular weight excluding hydrogens is 430 g/mol. The Labute approximate surface area is 176 Å². The van der Waals surface area contributed by atoms with Gasteiger partial charge in [-0.05, 0) is 36.4 Å². The van der Waals surface area contributed by atoms with Crippen LogP contribution in [0.1, 0.15) is 19.3 Å². The van der Waals surface area contributed by atoms with Gasteiger partial charge in [0.1, 0.15) is 21.5 Å². The molecule has 0 N–H and O–H groups in total. The minimum Gasteiger partial charge on any atom is -0.495 e. The van der Waals surface area contributed by atoms with Crippen LogP contribution in [0.3, 0.4) is 0 Å². The van der Waals surface area contributed by atoms with E-state index in [1.165, 1.54) is 15.6 Å². The number of hydrogen-bond donors (Lipinski definition) is 0. The predicted molar refractivity (Wildman–Crippen MR) is 114 cm³/mol. The first-order valence-corrected chi connectivity index (χ1v) is 12.3. The lowest BCUT2D eigenvalue weighted by atomic mass is 10.0. The minimum atomic E-state index is -3.70. The van der Waals surface area contributed by atoms with E-state index in [-0.39, 0.29) is 4.21 Å². The van der Waals surface area contributed by atoms with Crippen molar-refractivity contribution in [2.24, 2.45) is 12.0 Å². The second-order valence-corrected chi connectivity index (χ2v) is 10.8. The van der Waals surface area contributed by atoms with E-state index in [4.69, 9.17) is 4.74 Å². The van der Waals surface area contributed by atoms with Crippen molar-refractivity contribution in [2.45, 2.75) is 29.5 Å². The van der Waals surface area contributed by atoms with E-state index in [0.717, 1.165) is 34.4 Å². The number of benzene rings is 1. The molecule has 1 atom stereocenters. The Hall–Kier alpha value is -2.01. The summed E-state index contributed by atoms with van der Waals surface area (Å²) in [6, 6.07) is 8.19. The molecule has 0 aliphatic carbocycles. The molecule has 0 spiro atoms. The Bertz CT molecular complexity index is 1210. The highest BCUT2D eigenvalue weighted by Gasteiger charge is 2.38. The number of methoxy groups -OCH3 is 1. The van der Waals surface area contributed by atoms with Gasteiger partial charge in [-0.15, -0.1) is 11.3 Å². The first-order valence-electron chi connectivity index (χ1n) is 9.20. The molecule has 0 radical (unpaired) electrons. The van der Waals surface area contributed by atoms with Crippen molar-refractivity contribution in [3.8, 4) is 5.75 Å². The van der Waals surface area contributed by atoms with E-state index in [1.54, 1.807) is 24.6 Å². The Morgan fingerprint density at radius 3 is 2.79 bits per heavy atom. The van der Waals surface area contributed by atoms with E-state index >= 15 is 0 Å². The third-order valence-corrected chi connectivity index (χ3v) is 9.39. The molecule has 10 heteroatoms. The van der Waals surface area contributed by atoms with Crippen LogP contribution in [-0.2, 0) is 21.9 Å². The van der Waals surface area contributed by atoms with Crippen molar-refractivity contribution in [1.29, 1.82) is 0 Å². The summed E-state index contributed by atoms with van der Waals surface area (Å²) in [7, 11) is -0.274. The number of fused-ring (bicyclic) bond motifs is 1. The lowest BCUT2D eigenvalue weighted by Crippen LogP contribution is -2.47. The van der Waals surface area contributed by atoms with Crippen LogP contribution in [0.25, 0.3) is 10.2 Å². The van der Waals surface area contributed by atoms with Crippen molar-refractivity contribution in [3.63, 3.8) is 0 Å². The first-order chi connectivity index (χ1) is 13.9. The van der Waals surface area contributed by atoms with Gasteiger partial charge >= 0.3 is 0 Å². The summed E-state index contributed by atoms with van der Waals surface area (Å²) in [5.74, 6) is 0.278. The number of para-hydroxylation sites is 1. The molecule has 1 amide bonds. The third kappa shape index (κ3) is 3.65. The summed E-state index contributed by atoms with van der Waals surface area (Å²) >= 11 is 2.55. The molecule has 154 valence electrons. The first kappa shape index (κ1) is 20.3. The smallest absolute Gasteiger partial charge is 0.266 e. The van der Waals surface area contributed by atoms with Gasteiger partial charge in [-0.1, -0.05) is 29.9 Å². The number of hydrogen-bond acceptors (Lipinski definition) is 6. The third-order valence-electron chi connectivity index (χ3n) is 5.01. The average Bonchev–Trinajstić information content (AvgIpc) is 3.37. The van der Waals surface area contributed by atoms with Crippen LogP contribution in [0.15, 0.2) is 44.9 Å². The summed E-state index contributed by atoms with van der Waals surface area (Å²) in [5.41, 5.74) is 0.859. The number of carbonyl (C=O) groups excluding carboxylic acids is 1. The van der Waals surface area contributed by atoms with Gasteiger partial charge in [0.2, 0.25) is 0 Å². The van der Waals surface area contributed by atoms with Crippen molar-refractivity contribution >= 4 is 48.8 Å². The molecule has 7 nitrogen and oxygen atoms in total. The van der Waals surface area contributed by atoms with Crippen molar-refractivity contribution in [2.75, 3.05) is 13.7 Å². The van der Waals surface area contributed by atoms with Gasteiger partial charge in [-0.3, -0.25) is 4.79 Å². The minimum absolute atomic E-state index is 0.259. The van der Waals surface area contributed by atoms with E-state index < -0.39 is 22.0 Å². The number of nitrogens with zero attached hydrogens (tertiary/aromatic N) is 3. The second-order valence-electron chi connectivity index (χ2n) is 6.76. The number of thiophene rings is 1. The monoisotopic (exact) mass is 451 g/mol. The lowest BCUT2D eigenvalue weighted by molar-refractivity contribution is -0.122. The maximum absolute atomic E-state index is 13.1. The zero-order valence-corrected chi connectivity index (χ0v) is 18.5. The molecule has 1 aromatic carbocycles. The number of sulfonamides is 1. The Balaban J connectivity index is 1.73. The van der Waals surface area contributed by atoms with Crippen LogP contribution < -0.4 is 9.54 Å². The van der Waals surface area contributed by atoms with Crippen LogP contribution in [0.5, 0.6) is 5.75 Å². The number of thiazole rings is 1. The highest BCUT2D eigenvalue weighted by Crippen LogP contribution is 2.29.